The smallest absolute Gasteiger partial charge is 0.186 e. The van der Waals surface area contributed by atoms with Crippen LogP contribution in [0.25, 0.3) is 20.4 Å². The third kappa shape index (κ3) is 2.74. The van der Waals surface area contributed by atoms with Gasteiger partial charge in [0.25, 0.3) is 0 Å². The standard InChI is InChI=1S/C18H15ClN4S2/c19-12-4-3-7-15-16(12)21-18(25-15)23-10-8-22(9-11-23)17-20-13-5-1-2-6-14(13)24-17/h1-7H,8-11H2. The number of anilines is 2. The summed E-state index contributed by atoms with van der Waals surface area (Å²) in [4.78, 5) is 14.3. The average Bonchev–Trinajstić information content (AvgIpc) is 3.27. The molecule has 2 aromatic heterocycles. The van der Waals surface area contributed by atoms with E-state index < -0.39 is 0 Å². The first-order chi connectivity index (χ1) is 12.3. The summed E-state index contributed by atoms with van der Waals surface area (Å²) in [7, 11) is 0. The van der Waals surface area contributed by atoms with Crippen molar-refractivity contribution in [2.24, 2.45) is 0 Å². The number of thiazole rings is 2. The second-order valence-electron chi connectivity index (χ2n) is 6.02. The maximum Gasteiger partial charge on any atom is 0.186 e. The molecule has 1 aliphatic rings. The molecule has 0 bridgehead atoms. The lowest BCUT2D eigenvalue weighted by Crippen LogP contribution is -2.46. The molecule has 3 heterocycles. The van der Waals surface area contributed by atoms with Gasteiger partial charge in [-0.1, -0.05) is 52.5 Å². The van der Waals surface area contributed by atoms with E-state index in [-0.39, 0.29) is 0 Å². The lowest BCUT2D eigenvalue weighted by atomic mass is 10.3. The first-order valence-corrected chi connectivity index (χ1v) is 10.2. The van der Waals surface area contributed by atoms with E-state index in [9.17, 15) is 0 Å². The predicted octanol–water partition coefficient (Wildman–Crippen LogP) is 4.89. The molecule has 1 saturated heterocycles. The summed E-state index contributed by atoms with van der Waals surface area (Å²) in [6.07, 6.45) is 0. The van der Waals surface area contributed by atoms with Gasteiger partial charge < -0.3 is 9.80 Å². The number of para-hydroxylation sites is 2. The van der Waals surface area contributed by atoms with Gasteiger partial charge in [-0.2, -0.15) is 0 Å². The molecule has 25 heavy (non-hydrogen) atoms. The van der Waals surface area contributed by atoms with Gasteiger partial charge in [-0.15, -0.1) is 0 Å². The van der Waals surface area contributed by atoms with Gasteiger partial charge in [0.1, 0.15) is 5.52 Å². The molecule has 0 radical (unpaired) electrons. The molecule has 0 aliphatic carbocycles. The van der Waals surface area contributed by atoms with Crippen LogP contribution in [0.15, 0.2) is 42.5 Å². The zero-order valence-corrected chi connectivity index (χ0v) is 15.7. The minimum atomic E-state index is 0.730. The van der Waals surface area contributed by atoms with Crippen molar-refractivity contribution < 1.29 is 0 Å². The molecule has 0 spiro atoms. The predicted molar refractivity (Wildman–Crippen MR) is 109 cm³/mol. The summed E-state index contributed by atoms with van der Waals surface area (Å²) >= 11 is 9.75. The number of hydrogen-bond acceptors (Lipinski definition) is 6. The number of hydrogen-bond donors (Lipinski definition) is 0. The van der Waals surface area contributed by atoms with Crippen LogP contribution in [0.3, 0.4) is 0 Å². The number of aromatic nitrogens is 2. The average molecular weight is 387 g/mol. The van der Waals surface area contributed by atoms with Crippen molar-refractivity contribution in [3.63, 3.8) is 0 Å². The van der Waals surface area contributed by atoms with Crippen molar-refractivity contribution in [2.75, 3.05) is 36.0 Å². The molecule has 4 aromatic rings. The van der Waals surface area contributed by atoms with E-state index >= 15 is 0 Å². The van der Waals surface area contributed by atoms with Crippen molar-refractivity contribution in [1.82, 2.24) is 9.97 Å². The third-order valence-corrected chi connectivity index (χ3v) is 6.95. The third-order valence-electron chi connectivity index (χ3n) is 4.46. The Kier molecular flexibility index (Phi) is 3.77. The molecule has 0 unspecified atom stereocenters. The maximum absolute atomic E-state index is 6.26. The summed E-state index contributed by atoms with van der Waals surface area (Å²) in [6, 6.07) is 14.3. The highest BCUT2D eigenvalue weighted by atomic mass is 35.5. The Labute approximate surface area is 158 Å². The molecular formula is C18H15ClN4S2. The fourth-order valence-electron chi connectivity index (χ4n) is 3.12. The summed E-state index contributed by atoms with van der Waals surface area (Å²) < 4.78 is 2.40. The van der Waals surface area contributed by atoms with Crippen molar-refractivity contribution in [3.05, 3.63) is 47.5 Å². The minimum Gasteiger partial charge on any atom is -0.345 e. The minimum absolute atomic E-state index is 0.730. The number of halogens is 1. The molecule has 0 amide bonds. The highest BCUT2D eigenvalue weighted by molar-refractivity contribution is 7.22. The largest absolute Gasteiger partial charge is 0.345 e. The molecule has 4 nitrogen and oxygen atoms in total. The van der Waals surface area contributed by atoms with Gasteiger partial charge in [0.2, 0.25) is 0 Å². The number of rotatable bonds is 2. The molecule has 7 heteroatoms. The molecule has 2 aromatic carbocycles. The molecule has 1 aliphatic heterocycles. The highest BCUT2D eigenvalue weighted by Crippen LogP contribution is 2.34. The fourth-order valence-corrected chi connectivity index (χ4v) is 5.46. The van der Waals surface area contributed by atoms with E-state index in [1.165, 1.54) is 4.70 Å². The Balaban J connectivity index is 1.35. The monoisotopic (exact) mass is 386 g/mol. The normalized spacial score (nSPS) is 15.4. The van der Waals surface area contributed by atoms with Crippen LogP contribution in [0.2, 0.25) is 5.02 Å². The zero-order valence-electron chi connectivity index (χ0n) is 13.4. The Bertz CT molecular complexity index is 1020. The molecular weight excluding hydrogens is 372 g/mol. The second kappa shape index (κ2) is 6.12. The second-order valence-corrected chi connectivity index (χ2v) is 8.45. The lowest BCUT2D eigenvalue weighted by Gasteiger charge is -2.34. The van der Waals surface area contributed by atoms with Gasteiger partial charge in [0, 0.05) is 26.2 Å². The van der Waals surface area contributed by atoms with E-state index in [0.717, 1.165) is 57.2 Å². The van der Waals surface area contributed by atoms with Gasteiger partial charge >= 0.3 is 0 Å². The molecule has 126 valence electrons. The Morgan fingerprint density at radius 3 is 2.12 bits per heavy atom. The molecule has 0 saturated carbocycles. The first-order valence-electron chi connectivity index (χ1n) is 8.18. The van der Waals surface area contributed by atoms with Gasteiger partial charge in [-0.25, -0.2) is 9.97 Å². The molecule has 5 rings (SSSR count). The molecule has 0 N–H and O–H groups in total. The molecule has 0 atom stereocenters. The van der Waals surface area contributed by atoms with Crippen molar-refractivity contribution in [3.8, 4) is 0 Å². The quantitative estimate of drug-likeness (QED) is 0.491. The Morgan fingerprint density at radius 1 is 0.760 bits per heavy atom. The van der Waals surface area contributed by atoms with E-state index in [1.54, 1.807) is 22.7 Å². The van der Waals surface area contributed by atoms with Crippen molar-refractivity contribution >= 4 is 65.0 Å². The molecule has 1 fully saturated rings. The SMILES string of the molecule is Clc1cccc2sc(N3CCN(c4nc5ccccc5s4)CC3)nc12. The van der Waals surface area contributed by atoms with Crippen LogP contribution in [0.5, 0.6) is 0 Å². The van der Waals surface area contributed by atoms with Crippen LogP contribution < -0.4 is 9.80 Å². The zero-order chi connectivity index (χ0) is 16.8. The number of fused-ring (bicyclic) bond motifs is 2. The summed E-state index contributed by atoms with van der Waals surface area (Å²) in [5, 5.41) is 2.91. The van der Waals surface area contributed by atoms with E-state index in [2.05, 4.69) is 34.1 Å². The van der Waals surface area contributed by atoms with Crippen LogP contribution >= 0.6 is 34.3 Å². The topological polar surface area (TPSA) is 32.3 Å². The number of benzene rings is 2. The van der Waals surface area contributed by atoms with Crippen LogP contribution in [-0.4, -0.2) is 36.1 Å². The Hall–Kier alpha value is -1.89. The maximum atomic E-state index is 6.26. The van der Waals surface area contributed by atoms with Crippen LogP contribution in [-0.2, 0) is 0 Å². The number of piperazine rings is 1. The Morgan fingerprint density at radius 2 is 1.40 bits per heavy atom. The van der Waals surface area contributed by atoms with Gasteiger partial charge in [0.15, 0.2) is 10.3 Å². The summed E-state index contributed by atoms with van der Waals surface area (Å²) in [5.41, 5.74) is 2.00. The highest BCUT2D eigenvalue weighted by Gasteiger charge is 2.22. The first kappa shape index (κ1) is 15.4. The van der Waals surface area contributed by atoms with Crippen molar-refractivity contribution in [2.45, 2.75) is 0 Å². The van der Waals surface area contributed by atoms with E-state index in [1.807, 2.05) is 18.2 Å². The van der Waals surface area contributed by atoms with Crippen LogP contribution in [0.4, 0.5) is 10.3 Å². The van der Waals surface area contributed by atoms with E-state index in [4.69, 9.17) is 21.6 Å². The van der Waals surface area contributed by atoms with Gasteiger partial charge in [0.05, 0.1) is 19.9 Å². The fraction of sp³-hybridized carbons (Fsp3) is 0.222. The van der Waals surface area contributed by atoms with Crippen LogP contribution in [0, 0.1) is 0 Å². The van der Waals surface area contributed by atoms with E-state index in [0.29, 0.717) is 0 Å². The van der Waals surface area contributed by atoms with Crippen molar-refractivity contribution in [1.29, 1.82) is 0 Å². The van der Waals surface area contributed by atoms with Crippen LogP contribution in [0.1, 0.15) is 0 Å². The lowest BCUT2D eigenvalue weighted by molar-refractivity contribution is 0.651. The van der Waals surface area contributed by atoms with Gasteiger partial charge in [-0.05, 0) is 24.3 Å². The van der Waals surface area contributed by atoms with Gasteiger partial charge in [-0.3, -0.25) is 0 Å². The summed E-state index contributed by atoms with van der Waals surface area (Å²) in [5.74, 6) is 0. The number of nitrogens with zero attached hydrogens (tertiary/aromatic N) is 4. The summed E-state index contributed by atoms with van der Waals surface area (Å²) in [6.45, 7) is 3.83.